The smallest absolute Gasteiger partial charge is 0.000970 e. The van der Waals surface area contributed by atoms with Crippen molar-refractivity contribution in [1.82, 2.24) is 4.90 Å². The zero-order valence-corrected chi connectivity index (χ0v) is 9.88. The van der Waals surface area contributed by atoms with Gasteiger partial charge in [-0.05, 0) is 37.1 Å². The minimum Gasteiger partial charge on any atom is -0.306 e. The highest BCUT2D eigenvalue weighted by molar-refractivity contribution is 4.97. The molecule has 0 aromatic carbocycles. The van der Waals surface area contributed by atoms with Crippen molar-refractivity contribution < 1.29 is 0 Å². The predicted molar refractivity (Wildman–Crippen MR) is 58.8 cm³/mol. The molecule has 3 rings (SSSR count). The highest BCUT2D eigenvalue weighted by Gasteiger charge is 2.46. The van der Waals surface area contributed by atoms with E-state index in [0.717, 1.165) is 23.7 Å². The van der Waals surface area contributed by atoms with Crippen molar-refractivity contribution in [3.8, 4) is 0 Å². The van der Waals surface area contributed by atoms with Gasteiger partial charge < -0.3 is 4.90 Å². The fourth-order valence-corrected chi connectivity index (χ4v) is 3.25. The minimum absolute atomic E-state index is 0.924. The Hall–Kier alpha value is -0.0400. The van der Waals surface area contributed by atoms with Crippen molar-refractivity contribution in [2.45, 2.75) is 34.1 Å². The van der Waals surface area contributed by atoms with Gasteiger partial charge in [0.1, 0.15) is 0 Å². The van der Waals surface area contributed by atoms with Gasteiger partial charge in [-0.15, -0.1) is 0 Å². The lowest BCUT2D eigenvalue weighted by Crippen LogP contribution is -2.55. The lowest BCUT2D eigenvalue weighted by Gasteiger charge is -2.54. The van der Waals surface area contributed by atoms with Gasteiger partial charge in [-0.1, -0.05) is 27.7 Å². The first-order valence-electron chi connectivity index (χ1n) is 5.87. The molecule has 2 saturated heterocycles. The monoisotopic (exact) mass is 183 g/mol. The molecular formula is C12H25N. The summed E-state index contributed by atoms with van der Waals surface area (Å²) in [6, 6.07) is 0. The Bertz CT molecular complexity index is 141. The van der Waals surface area contributed by atoms with Crippen LogP contribution in [0.1, 0.15) is 34.1 Å². The van der Waals surface area contributed by atoms with Crippen LogP contribution >= 0.6 is 0 Å². The quantitative estimate of drug-likeness (QED) is 0.604. The van der Waals surface area contributed by atoms with E-state index in [9.17, 15) is 0 Å². The maximum atomic E-state index is 2.50. The third-order valence-corrected chi connectivity index (χ3v) is 3.56. The van der Waals surface area contributed by atoms with Gasteiger partial charge in [0.15, 0.2) is 0 Å². The number of rotatable bonds is 1. The van der Waals surface area contributed by atoms with Gasteiger partial charge in [0.2, 0.25) is 0 Å². The van der Waals surface area contributed by atoms with Crippen LogP contribution in [0.5, 0.6) is 0 Å². The Morgan fingerprint density at radius 1 is 1.08 bits per heavy atom. The first kappa shape index (κ1) is 11.0. The third-order valence-electron chi connectivity index (χ3n) is 3.56. The molecule has 0 radical (unpaired) electrons. The largest absolute Gasteiger partial charge is 0.306 e. The molecule has 2 aliphatic heterocycles. The highest BCUT2D eigenvalue weighted by atomic mass is 15.1. The van der Waals surface area contributed by atoms with Crippen LogP contribution in [-0.4, -0.2) is 25.0 Å². The van der Waals surface area contributed by atoms with E-state index in [0.29, 0.717) is 0 Å². The standard InChI is InChI=1S/C10H19N.C2H6/c1-7(2)10-8-4-9(10)6-11(3)5-8;1-2/h7-10H,4-6H2,1-3H3;1-2H3. The van der Waals surface area contributed by atoms with Gasteiger partial charge in [-0.2, -0.15) is 0 Å². The predicted octanol–water partition coefficient (Wildman–Crippen LogP) is 2.87. The second-order valence-electron chi connectivity index (χ2n) is 4.80. The molecule has 1 aliphatic carbocycles. The summed E-state index contributed by atoms with van der Waals surface area (Å²) in [4.78, 5) is 2.50. The Morgan fingerprint density at radius 2 is 1.54 bits per heavy atom. The van der Waals surface area contributed by atoms with E-state index in [2.05, 4.69) is 25.8 Å². The maximum Gasteiger partial charge on any atom is 0.000970 e. The van der Waals surface area contributed by atoms with Crippen LogP contribution < -0.4 is 0 Å². The minimum atomic E-state index is 0.924. The van der Waals surface area contributed by atoms with Gasteiger partial charge in [-0.3, -0.25) is 0 Å². The van der Waals surface area contributed by atoms with Gasteiger partial charge in [0.05, 0.1) is 0 Å². The van der Waals surface area contributed by atoms with Crippen molar-refractivity contribution in [3.63, 3.8) is 0 Å². The Kier molecular flexibility index (Phi) is 3.78. The average molecular weight is 183 g/mol. The van der Waals surface area contributed by atoms with Crippen LogP contribution in [0.25, 0.3) is 0 Å². The van der Waals surface area contributed by atoms with Gasteiger partial charge in [-0.25, -0.2) is 0 Å². The van der Waals surface area contributed by atoms with E-state index in [1.807, 2.05) is 13.8 Å². The molecule has 1 nitrogen and oxygen atoms in total. The molecule has 2 bridgehead atoms. The molecule has 3 aliphatic rings. The van der Waals surface area contributed by atoms with E-state index in [-0.39, 0.29) is 0 Å². The molecule has 78 valence electrons. The molecule has 1 heteroatoms. The summed E-state index contributed by atoms with van der Waals surface area (Å²) in [7, 11) is 2.26. The summed E-state index contributed by atoms with van der Waals surface area (Å²) in [6.45, 7) is 11.5. The zero-order valence-electron chi connectivity index (χ0n) is 9.88. The second kappa shape index (κ2) is 4.45. The second-order valence-corrected chi connectivity index (χ2v) is 4.80. The lowest BCUT2D eigenvalue weighted by atomic mass is 9.58. The topological polar surface area (TPSA) is 3.24 Å². The van der Waals surface area contributed by atoms with Gasteiger partial charge >= 0.3 is 0 Å². The molecular weight excluding hydrogens is 158 g/mol. The van der Waals surface area contributed by atoms with Crippen LogP contribution in [-0.2, 0) is 0 Å². The first-order chi connectivity index (χ1) is 6.18. The summed E-state index contributed by atoms with van der Waals surface area (Å²) in [6.07, 6.45) is 1.52. The fourth-order valence-electron chi connectivity index (χ4n) is 3.25. The van der Waals surface area contributed by atoms with E-state index >= 15 is 0 Å². The van der Waals surface area contributed by atoms with Crippen molar-refractivity contribution in [2.24, 2.45) is 23.7 Å². The molecule has 0 N–H and O–H groups in total. The maximum absolute atomic E-state index is 2.50. The van der Waals surface area contributed by atoms with E-state index < -0.39 is 0 Å². The van der Waals surface area contributed by atoms with E-state index in [1.54, 1.807) is 0 Å². The summed E-state index contributed by atoms with van der Waals surface area (Å²) in [5.41, 5.74) is 0. The Morgan fingerprint density at radius 3 is 1.92 bits per heavy atom. The number of fused-ring (bicyclic) bond motifs is 2. The molecule has 0 spiro atoms. The number of piperidine rings is 2. The molecule has 0 amide bonds. The van der Waals surface area contributed by atoms with E-state index in [1.165, 1.54) is 19.5 Å². The number of nitrogens with zero attached hydrogens (tertiary/aromatic N) is 1. The number of hydrogen-bond donors (Lipinski definition) is 0. The molecule has 2 unspecified atom stereocenters. The number of hydrogen-bond acceptors (Lipinski definition) is 1. The molecule has 0 aromatic heterocycles. The highest BCUT2D eigenvalue weighted by Crippen LogP contribution is 2.48. The summed E-state index contributed by atoms with van der Waals surface area (Å²) < 4.78 is 0. The Balaban J connectivity index is 0.000000396. The molecule has 0 aromatic rings. The van der Waals surface area contributed by atoms with Crippen molar-refractivity contribution in [2.75, 3.05) is 20.1 Å². The SMILES string of the molecule is CC.CC(C)C1C2CC1CN(C)C2. The molecule has 13 heavy (non-hydrogen) atoms. The van der Waals surface area contributed by atoms with Crippen molar-refractivity contribution >= 4 is 0 Å². The van der Waals surface area contributed by atoms with E-state index in [4.69, 9.17) is 0 Å². The molecule has 1 saturated carbocycles. The van der Waals surface area contributed by atoms with Gasteiger partial charge in [0, 0.05) is 13.1 Å². The third kappa shape index (κ3) is 2.07. The summed E-state index contributed by atoms with van der Waals surface area (Å²) in [5, 5.41) is 0. The Labute approximate surface area is 83.5 Å². The van der Waals surface area contributed by atoms with Crippen LogP contribution in [0.2, 0.25) is 0 Å². The van der Waals surface area contributed by atoms with Crippen LogP contribution in [0.3, 0.4) is 0 Å². The average Bonchev–Trinajstić information content (AvgIpc) is 2.05. The zero-order chi connectivity index (χ0) is 10.0. The van der Waals surface area contributed by atoms with Gasteiger partial charge in [0.25, 0.3) is 0 Å². The molecule has 2 heterocycles. The van der Waals surface area contributed by atoms with Crippen molar-refractivity contribution in [1.29, 1.82) is 0 Å². The van der Waals surface area contributed by atoms with Crippen LogP contribution in [0.15, 0.2) is 0 Å². The summed E-state index contributed by atoms with van der Waals surface area (Å²) >= 11 is 0. The summed E-state index contributed by atoms with van der Waals surface area (Å²) in [5.74, 6) is 4.07. The van der Waals surface area contributed by atoms with Crippen molar-refractivity contribution in [3.05, 3.63) is 0 Å². The fraction of sp³-hybridized carbons (Fsp3) is 1.00. The van der Waals surface area contributed by atoms with Crippen LogP contribution in [0, 0.1) is 23.7 Å². The molecule has 3 fully saturated rings. The lowest BCUT2D eigenvalue weighted by molar-refractivity contribution is -0.0565. The molecule has 2 atom stereocenters. The first-order valence-corrected chi connectivity index (χ1v) is 5.87. The normalized spacial score (nSPS) is 37.8. The van der Waals surface area contributed by atoms with Crippen LogP contribution in [0.4, 0.5) is 0 Å².